The van der Waals surface area contributed by atoms with Crippen LogP contribution in [0.5, 0.6) is 0 Å². The molecule has 2 aromatic rings. The molecule has 2 amide bonds. The van der Waals surface area contributed by atoms with E-state index in [1.54, 1.807) is 49.7 Å². The number of hydrogen-bond acceptors (Lipinski definition) is 5. The highest BCUT2D eigenvalue weighted by Gasteiger charge is 2.24. The monoisotopic (exact) mass is 461 g/mol. The van der Waals surface area contributed by atoms with E-state index in [0.29, 0.717) is 5.56 Å². The van der Waals surface area contributed by atoms with Crippen molar-refractivity contribution in [3.8, 4) is 11.8 Å². The molecule has 0 saturated carbocycles. The van der Waals surface area contributed by atoms with Crippen molar-refractivity contribution in [3.05, 3.63) is 76.9 Å². The van der Waals surface area contributed by atoms with Crippen LogP contribution in [-0.4, -0.2) is 54.3 Å². The first-order chi connectivity index (χ1) is 16.5. The molecule has 7 heteroatoms. The molecular formula is C27H31N3O4. The summed E-state index contributed by atoms with van der Waals surface area (Å²) in [7, 11) is 0. The number of nitrogens with one attached hydrogen (secondary N) is 2. The van der Waals surface area contributed by atoms with E-state index in [1.807, 2.05) is 6.08 Å². The molecule has 0 radical (unpaired) electrons. The fraction of sp³-hybridized carbons (Fsp3) is 0.333. The zero-order valence-corrected chi connectivity index (χ0v) is 19.6. The van der Waals surface area contributed by atoms with Crippen LogP contribution in [0.2, 0.25) is 0 Å². The van der Waals surface area contributed by atoms with Crippen molar-refractivity contribution in [1.29, 1.82) is 0 Å². The molecule has 0 bridgehead atoms. The second-order valence-corrected chi connectivity index (χ2v) is 8.48. The Morgan fingerprint density at radius 1 is 1.09 bits per heavy atom. The van der Waals surface area contributed by atoms with Gasteiger partial charge in [-0.25, -0.2) is 5.48 Å². The van der Waals surface area contributed by atoms with Crippen molar-refractivity contribution in [2.24, 2.45) is 5.92 Å². The number of rotatable bonds is 7. The predicted molar refractivity (Wildman–Crippen MR) is 131 cm³/mol. The van der Waals surface area contributed by atoms with Crippen molar-refractivity contribution in [1.82, 2.24) is 15.7 Å². The summed E-state index contributed by atoms with van der Waals surface area (Å²) in [6, 6.07) is 14.5. The third kappa shape index (κ3) is 7.56. The maximum atomic E-state index is 12.4. The van der Waals surface area contributed by atoms with Crippen LogP contribution in [0, 0.1) is 17.8 Å². The molecule has 1 fully saturated rings. The SMILES string of the molecule is CC(C)[C@H](NC(=O)c1ccc(C#C/C=C/c2ccc(CN3CCOCC3)cc2)cc1)C(=O)NO. The number of morpholine rings is 1. The molecule has 2 aromatic carbocycles. The Balaban J connectivity index is 1.53. The van der Waals surface area contributed by atoms with Gasteiger partial charge in [-0.2, -0.15) is 0 Å². The van der Waals surface area contributed by atoms with Crippen LogP contribution in [-0.2, 0) is 16.1 Å². The summed E-state index contributed by atoms with van der Waals surface area (Å²) in [6.45, 7) is 8.06. The highest BCUT2D eigenvalue weighted by molar-refractivity contribution is 5.97. The van der Waals surface area contributed by atoms with Crippen molar-refractivity contribution in [2.75, 3.05) is 26.3 Å². The Morgan fingerprint density at radius 3 is 2.38 bits per heavy atom. The van der Waals surface area contributed by atoms with Gasteiger partial charge in [-0.1, -0.05) is 50.0 Å². The molecule has 1 aliphatic heterocycles. The number of carbonyl (C=O) groups is 2. The van der Waals surface area contributed by atoms with Gasteiger partial charge in [-0.3, -0.25) is 19.7 Å². The van der Waals surface area contributed by atoms with Gasteiger partial charge in [0.1, 0.15) is 6.04 Å². The number of hydrogen-bond donors (Lipinski definition) is 3. The molecule has 3 rings (SSSR count). The van der Waals surface area contributed by atoms with Gasteiger partial charge >= 0.3 is 0 Å². The van der Waals surface area contributed by atoms with E-state index in [2.05, 4.69) is 46.3 Å². The number of amides is 2. The van der Waals surface area contributed by atoms with Crippen molar-refractivity contribution >= 4 is 17.9 Å². The van der Waals surface area contributed by atoms with E-state index in [1.165, 1.54) is 5.56 Å². The van der Waals surface area contributed by atoms with Gasteiger partial charge in [-0.05, 0) is 53.5 Å². The van der Waals surface area contributed by atoms with Gasteiger partial charge in [0.05, 0.1) is 13.2 Å². The highest BCUT2D eigenvalue weighted by atomic mass is 16.5. The van der Waals surface area contributed by atoms with Crippen LogP contribution in [0.3, 0.4) is 0 Å². The zero-order valence-electron chi connectivity index (χ0n) is 19.6. The summed E-state index contributed by atoms with van der Waals surface area (Å²) >= 11 is 0. The second kappa shape index (κ2) is 12.7. The molecule has 1 aliphatic rings. The molecule has 0 spiro atoms. The van der Waals surface area contributed by atoms with E-state index < -0.39 is 17.9 Å². The third-order valence-electron chi connectivity index (χ3n) is 5.56. The van der Waals surface area contributed by atoms with E-state index >= 15 is 0 Å². The number of benzene rings is 2. The fourth-order valence-electron chi connectivity index (χ4n) is 3.55. The number of nitrogens with zero attached hydrogens (tertiary/aromatic N) is 1. The first kappa shape index (κ1) is 25.2. The molecule has 1 saturated heterocycles. The second-order valence-electron chi connectivity index (χ2n) is 8.48. The van der Waals surface area contributed by atoms with E-state index in [9.17, 15) is 9.59 Å². The van der Waals surface area contributed by atoms with Crippen LogP contribution >= 0.6 is 0 Å². The minimum atomic E-state index is -0.824. The maximum Gasteiger partial charge on any atom is 0.266 e. The van der Waals surface area contributed by atoms with Crippen molar-refractivity contribution < 1.29 is 19.5 Å². The fourth-order valence-corrected chi connectivity index (χ4v) is 3.55. The van der Waals surface area contributed by atoms with Gasteiger partial charge in [0.25, 0.3) is 11.8 Å². The first-order valence-corrected chi connectivity index (χ1v) is 11.4. The molecule has 3 N–H and O–H groups in total. The molecule has 178 valence electrons. The predicted octanol–water partition coefficient (Wildman–Crippen LogP) is 2.84. The molecule has 0 aromatic heterocycles. The molecular weight excluding hydrogens is 430 g/mol. The average molecular weight is 462 g/mol. The summed E-state index contributed by atoms with van der Waals surface area (Å²) in [6.07, 6.45) is 3.77. The van der Waals surface area contributed by atoms with Gasteiger partial charge in [0, 0.05) is 30.8 Å². The Morgan fingerprint density at radius 2 is 1.76 bits per heavy atom. The molecule has 7 nitrogen and oxygen atoms in total. The molecule has 0 unspecified atom stereocenters. The quantitative estimate of drug-likeness (QED) is 0.335. The maximum absolute atomic E-state index is 12.4. The lowest BCUT2D eigenvalue weighted by atomic mass is 10.0. The minimum Gasteiger partial charge on any atom is -0.379 e. The van der Waals surface area contributed by atoms with Crippen LogP contribution in [0.4, 0.5) is 0 Å². The van der Waals surface area contributed by atoms with Crippen molar-refractivity contribution in [3.63, 3.8) is 0 Å². The first-order valence-electron chi connectivity index (χ1n) is 11.4. The minimum absolute atomic E-state index is 0.172. The molecule has 34 heavy (non-hydrogen) atoms. The van der Waals surface area contributed by atoms with Gasteiger partial charge in [0.15, 0.2) is 0 Å². The lowest BCUT2D eigenvalue weighted by Crippen LogP contribution is -2.48. The number of ether oxygens (including phenoxy) is 1. The summed E-state index contributed by atoms with van der Waals surface area (Å²) in [5.74, 6) is 4.85. The Kier molecular flexibility index (Phi) is 9.41. The van der Waals surface area contributed by atoms with Crippen LogP contribution in [0.15, 0.2) is 54.6 Å². The van der Waals surface area contributed by atoms with E-state index in [-0.39, 0.29) is 5.92 Å². The van der Waals surface area contributed by atoms with E-state index in [0.717, 1.165) is 44.0 Å². The average Bonchev–Trinajstić information content (AvgIpc) is 2.86. The van der Waals surface area contributed by atoms with Gasteiger partial charge in [-0.15, -0.1) is 0 Å². The largest absolute Gasteiger partial charge is 0.379 e. The zero-order chi connectivity index (χ0) is 24.3. The number of allylic oxidation sites excluding steroid dienone is 1. The summed E-state index contributed by atoms with van der Waals surface area (Å²) < 4.78 is 5.39. The van der Waals surface area contributed by atoms with Crippen LogP contribution < -0.4 is 10.8 Å². The Hall–Kier alpha value is -3.44. The lowest BCUT2D eigenvalue weighted by Gasteiger charge is -2.26. The molecule has 1 atom stereocenters. The Bertz CT molecular complexity index is 1040. The number of hydroxylamine groups is 1. The summed E-state index contributed by atoms with van der Waals surface area (Å²) in [5.41, 5.74) is 5.14. The van der Waals surface area contributed by atoms with Crippen LogP contribution in [0.25, 0.3) is 6.08 Å². The topological polar surface area (TPSA) is 90.9 Å². The standard InChI is InChI=1S/C27H31N3O4/c1-20(2)25(27(32)29-33)28-26(31)24-13-11-22(12-14-24)6-4-3-5-21-7-9-23(10-8-21)19-30-15-17-34-18-16-30/h3,5,7-14,20,25,33H,15-19H2,1-2H3,(H,28,31)(H,29,32)/b5-3+/t25-/m0/s1. The normalized spacial score (nSPS) is 14.9. The van der Waals surface area contributed by atoms with Gasteiger partial charge < -0.3 is 10.1 Å². The van der Waals surface area contributed by atoms with Crippen LogP contribution in [0.1, 0.15) is 40.9 Å². The summed E-state index contributed by atoms with van der Waals surface area (Å²) in [5, 5.41) is 11.5. The van der Waals surface area contributed by atoms with Gasteiger partial charge in [0.2, 0.25) is 0 Å². The number of carbonyl (C=O) groups excluding carboxylic acids is 2. The van der Waals surface area contributed by atoms with Crippen molar-refractivity contribution in [2.45, 2.75) is 26.4 Å². The highest BCUT2D eigenvalue weighted by Crippen LogP contribution is 2.11. The lowest BCUT2D eigenvalue weighted by molar-refractivity contribution is -0.132. The smallest absolute Gasteiger partial charge is 0.266 e. The molecule has 0 aliphatic carbocycles. The molecule has 1 heterocycles. The third-order valence-corrected chi connectivity index (χ3v) is 5.56. The van der Waals surface area contributed by atoms with E-state index in [4.69, 9.17) is 9.94 Å². The Labute approximate surface area is 200 Å². The summed E-state index contributed by atoms with van der Waals surface area (Å²) in [4.78, 5) is 26.5.